The van der Waals surface area contributed by atoms with Gasteiger partial charge in [0, 0.05) is 0 Å². The highest BCUT2D eigenvalue weighted by Gasteiger charge is 2.29. The predicted molar refractivity (Wildman–Crippen MR) is 90.5 cm³/mol. The highest BCUT2D eigenvalue weighted by molar-refractivity contribution is 7.73. The predicted octanol–water partition coefficient (Wildman–Crippen LogP) is 4.70. The van der Waals surface area contributed by atoms with Crippen molar-refractivity contribution in [3.05, 3.63) is 60.7 Å². The Balaban J connectivity index is 1.95. The summed E-state index contributed by atoms with van der Waals surface area (Å²) in [6.45, 7) is 2.49. The molecule has 0 bridgehead atoms. The Bertz CT molecular complexity index is 474. The van der Waals surface area contributed by atoms with Crippen molar-refractivity contribution in [2.24, 2.45) is 5.92 Å². The molecule has 1 fully saturated rings. The maximum atomic E-state index is 2.49. The van der Waals surface area contributed by atoms with Crippen molar-refractivity contribution >= 4 is 18.5 Å². The summed E-state index contributed by atoms with van der Waals surface area (Å²) in [6, 6.07) is 22.3. The summed E-state index contributed by atoms with van der Waals surface area (Å²) in [5.41, 5.74) is 0.789. The van der Waals surface area contributed by atoms with Crippen LogP contribution in [0.25, 0.3) is 0 Å². The van der Waals surface area contributed by atoms with Crippen LogP contribution in [-0.2, 0) is 0 Å². The van der Waals surface area contributed by atoms with E-state index < -0.39 is 0 Å². The van der Waals surface area contributed by atoms with Crippen LogP contribution in [0.2, 0.25) is 0 Å². The zero-order valence-corrected chi connectivity index (χ0v) is 13.1. The molecule has 0 heterocycles. The molecule has 0 unspecified atom stereocenters. The second-order valence-electron chi connectivity index (χ2n) is 5.83. The van der Waals surface area contributed by atoms with Gasteiger partial charge in [0.05, 0.1) is 0 Å². The summed E-state index contributed by atoms with van der Waals surface area (Å²) in [6.07, 6.45) is 5.73. The SMILES string of the molecule is C[C@@H](C1CCCC1)P(c1ccccc1)c1ccccc1. The number of rotatable bonds is 4. The van der Waals surface area contributed by atoms with Crippen molar-refractivity contribution in [1.29, 1.82) is 0 Å². The lowest BCUT2D eigenvalue weighted by Gasteiger charge is -2.30. The fourth-order valence-electron chi connectivity index (χ4n) is 3.45. The maximum Gasteiger partial charge on any atom is -0.0129 e. The van der Waals surface area contributed by atoms with Gasteiger partial charge in [0.2, 0.25) is 0 Å². The quantitative estimate of drug-likeness (QED) is 0.713. The highest BCUT2D eigenvalue weighted by atomic mass is 31.1. The summed E-state index contributed by atoms with van der Waals surface area (Å²) in [5.74, 6) is 0.918. The minimum absolute atomic E-state index is 0.223. The summed E-state index contributed by atoms with van der Waals surface area (Å²) in [5, 5.41) is 3.07. The average molecular weight is 282 g/mol. The molecule has 1 aliphatic carbocycles. The molecular formula is C19H23P. The molecule has 0 spiro atoms. The van der Waals surface area contributed by atoms with Gasteiger partial charge in [0.25, 0.3) is 0 Å². The van der Waals surface area contributed by atoms with Crippen LogP contribution in [0, 0.1) is 5.92 Å². The van der Waals surface area contributed by atoms with Crippen molar-refractivity contribution in [2.75, 3.05) is 0 Å². The van der Waals surface area contributed by atoms with E-state index in [-0.39, 0.29) is 7.92 Å². The molecule has 1 saturated carbocycles. The summed E-state index contributed by atoms with van der Waals surface area (Å²) in [7, 11) is -0.223. The van der Waals surface area contributed by atoms with Crippen LogP contribution in [-0.4, -0.2) is 5.66 Å². The zero-order chi connectivity index (χ0) is 13.8. The Morgan fingerprint density at radius 3 is 1.70 bits per heavy atom. The van der Waals surface area contributed by atoms with Gasteiger partial charge in [-0.05, 0) is 42.9 Å². The largest absolute Gasteiger partial charge is 0.0622 e. The van der Waals surface area contributed by atoms with Gasteiger partial charge >= 0.3 is 0 Å². The van der Waals surface area contributed by atoms with Crippen LogP contribution in [0.1, 0.15) is 32.6 Å². The molecule has 0 nitrogen and oxygen atoms in total. The third-order valence-corrected chi connectivity index (χ3v) is 7.50. The topological polar surface area (TPSA) is 0 Å². The van der Waals surface area contributed by atoms with E-state index >= 15 is 0 Å². The molecule has 0 radical (unpaired) electrons. The summed E-state index contributed by atoms with van der Waals surface area (Å²) >= 11 is 0. The Morgan fingerprint density at radius 2 is 1.25 bits per heavy atom. The molecule has 0 saturated heterocycles. The lowest BCUT2D eigenvalue weighted by atomic mass is 10.1. The van der Waals surface area contributed by atoms with Gasteiger partial charge in [-0.25, -0.2) is 0 Å². The molecule has 0 amide bonds. The molecule has 3 rings (SSSR count). The first-order valence-corrected chi connectivity index (χ1v) is 9.16. The standard InChI is InChI=1S/C19H23P/c1-16(17-10-8-9-11-17)20(18-12-4-2-5-13-18)19-14-6-3-7-15-19/h2-7,12-17H,8-11H2,1H3/t16-/m0/s1. The first-order valence-electron chi connectivity index (χ1n) is 7.75. The van der Waals surface area contributed by atoms with E-state index in [0.29, 0.717) is 0 Å². The van der Waals surface area contributed by atoms with Gasteiger partial charge < -0.3 is 0 Å². The Labute approximate surface area is 124 Å². The lowest BCUT2D eigenvalue weighted by Crippen LogP contribution is -2.24. The second kappa shape index (κ2) is 6.55. The molecule has 0 aliphatic heterocycles. The van der Waals surface area contributed by atoms with E-state index in [0.717, 1.165) is 11.6 Å². The van der Waals surface area contributed by atoms with E-state index in [1.54, 1.807) is 0 Å². The molecule has 1 aliphatic rings. The van der Waals surface area contributed by atoms with Crippen LogP contribution in [0.15, 0.2) is 60.7 Å². The van der Waals surface area contributed by atoms with E-state index in [1.807, 2.05) is 0 Å². The Kier molecular flexibility index (Phi) is 4.53. The molecule has 1 atom stereocenters. The summed E-state index contributed by atoms with van der Waals surface area (Å²) in [4.78, 5) is 0. The van der Waals surface area contributed by atoms with Crippen LogP contribution < -0.4 is 10.6 Å². The van der Waals surface area contributed by atoms with Gasteiger partial charge in [-0.3, -0.25) is 0 Å². The average Bonchev–Trinajstić information content (AvgIpc) is 3.04. The van der Waals surface area contributed by atoms with Crippen LogP contribution in [0.4, 0.5) is 0 Å². The van der Waals surface area contributed by atoms with Gasteiger partial charge in [0.1, 0.15) is 0 Å². The lowest BCUT2D eigenvalue weighted by molar-refractivity contribution is 0.540. The summed E-state index contributed by atoms with van der Waals surface area (Å²) < 4.78 is 0. The fourth-order valence-corrected chi connectivity index (χ4v) is 6.39. The molecule has 104 valence electrons. The minimum Gasteiger partial charge on any atom is -0.0622 e. The Morgan fingerprint density at radius 1 is 0.800 bits per heavy atom. The third-order valence-electron chi connectivity index (χ3n) is 4.56. The molecule has 20 heavy (non-hydrogen) atoms. The molecule has 2 aromatic carbocycles. The van der Waals surface area contributed by atoms with E-state index in [1.165, 1.54) is 36.3 Å². The first-order chi connectivity index (χ1) is 9.86. The van der Waals surface area contributed by atoms with Crippen LogP contribution in [0.3, 0.4) is 0 Å². The second-order valence-corrected chi connectivity index (χ2v) is 8.41. The number of benzene rings is 2. The Hall–Kier alpha value is -1.13. The smallest absolute Gasteiger partial charge is 0.0129 e. The molecule has 0 aromatic heterocycles. The van der Waals surface area contributed by atoms with Crippen molar-refractivity contribution in [3.8, 4) is 0 Å². The zero-order valence-electron chi connectivity index (χ0n) is 12.2. The van der Waals surface area contributed by atoms with Gasteiger partial charge in [-0.15, -0.1) is 0 Å². The van der Waals surface area contributed by atoms with Crippen molar-refractivity contribution in [2.45, 2.75) is 38.3 Å². The minimum atomic E-state index is -0.223. The van der Waals surface area contributed by atoms with Crippen LogP contribution >= 0.6 is 7.92 Å². The molecule has 1 heteroatoms. The first kappa shape index (κ1) is 13.8. The van der Waals surface area contributed by atoms with Gasteiger partial charge in [-0.1, -0.05) is 80.4 Å². The highest BCUT2D eigenvalue weighted by Crippen LogP contribution is 2.47. The molecule has 2 aromatic rings. The van der Waals surface area contributed by atoms with Crippen molar-refractivity contribution in [3.63, 3.8) is 0 Å². The van der Waals surface area contributed by atoms with Gasteiger partial charge in [0.15, 0.2) is 0 Å². The maximum absolute atomic E-state index is 2.49. The van der Waals surface area contributed by atoms with Crippen molar-refractivity contribution < 1.29 is 0 Å². The van der Waals surface area contributed by atoms with E-state index in [9.17, 15) is 0 Å². The van der Waals surface area contributed by atoms with E-state index in [4.69, 9.17) is 0 Å². The molecule has 0 N–H and O–H groups in total. The third kappa shape index (κ3) is 2.96. The number of hydrogen-bond donors (Lipinski definition) is 0. The van der Waals surface area contributed by atoms with Crippen molar-refractivity contribution in [1.82, 2.24) is 0 Å². The fraction of sp³-hybridized carbons (Fsp3) is 0.368. The molecular weight excluding hydrogens is 259 g/mol. The van der Waals surface area contributed by atoms with Crippen LogP contribution in [0.5, 0.6) is 0 Å². The number of hydrogen-bond acceptors (Lipinski definition) is 0. The monoisotopic (exact) mass is 282 g/mol. The van der Waals surface area contributed by atoms with Gasteiger partial charge in [-0.2, -0.15) is 0 Å². The van der Waals surface area contributed by atoms with E-state index in [2.05, 4.69) is 67.6 Å². The normalized spacial score (nSPS) is 17.5.